The van der Waals surface area contributed by atoms with Crippen molar-refractivity contribution in [2.24, 2.45) is 5.92 Å². The topological polar surface area (TPSA) is 61.2 Å². The molecule has 0 amide bonds. The van der Waals surface area contributed by atoms with Gasteiger partial charge in [-0.3, -0.25) is 8.97 Å². The van der Waals surface area contributed by atoms with E-state index in [2.05, 4.69) is 107 Å². The number of hydrogen-bond donors (Lipinski definition) is 0. The lowest BCUT2D eigenvalue weighted by molar-refractivity contribution is 0.650. The van der Waals surface area contributed by atoms with Crippen molar-refractivity contribution in [1.82, 2.24) is 23.9 Å². The summed E-state index contributed by atoms with van der Waals surface area (Å²) in [4.78, 5) is 15.8. The molecule has 0 radical (unpaired) electrons. The largest absolute Gasteiger partial charge is 0.439 e. The average molecular weight is 568 g/mol. The van der Waals surface area contributed by atoms with E-state index in [0.717, 1.165) is 89.1 Å². The van der Waals surface area contributed by atoms with E-state index in [1.165, 1.54) is 0 Å². The molecule has 1 aliphatic rings. The molecule has 1 unspecified atom stereocenters. The number of aromatic nitrogens is 5. The number of imidazole rings is 1. The van der Waals surface area contributed by atoms with Gasteiger partial charge in [0.25, 0.3) is 0 Å². The van der Waals surface area contributed by atoms with Crippen LogP contribution in [-0.2, 0) is 0 Å². The van der Waals surface area contributed by atoms with E-state index in [9.17, 15) is 0 Å². The third-order valence-corrected chi connectivity index (χ3v) is 9.01. The maximum atomic E-state index is 6.68. The number of pyridine rings is 1. The predicted molar refractivity (Wildman–Crippen MR) is 178 cm³/mol. The minimum Gasteiger partial charge on any atom is -0.439 e. The second-order valence-corrected chi connectivity index (χ2v) is 11.7. The summed E-state index contributed by atoms with van der Waals surface area (Å²) < 4.78 is 11.1. The van der Waals surface area contributed by atoms with Gasteiger partial charge >= 0.3 is 0 Å². The van der Waals surface area contributed by atoms with Crippen molar-refractivity contribution in [3.63, 3.8) is 0 Å². The first-order valence-corrected chi connectivity index (χ1v) is 15.0. The van der Waals surface area contributed by atoms with Gasteiger partial charge in [0.1, 0.15) is 5.58 Å². The molecule has 0 bridgehead atoms. The summed E-state index contributed by atoms with van der Waals surface area (Å²) in [6.45, 7) is 2.25. The Bertz CT molecular complexity index is 2690. The van der Waals surface area contributed by atoms with Gasteiger partial charge in [-0.05, 0) is 48.2 Å². The Morgan fingerprint density at radius 2 is 1.43 bits per heavy atom. The first kappa shape index (κ1) is 23.8. The molecule has 208 valence electrons. The summed E-state index contributed by atoms with van der Waals surface area (Å²) in [6, 6.07) is 33.3. The molecular formula is C38H25N5O. The number of furan rings is 1. The van der Waals surface area contributed by atoms with Crippen molar-refractivity contribution >= 4 is 77.0 Å². The molecule has 0 fully saturated rings. The number of fused-ring (bicyclic) bond motifs is 13. The Balaban J connectivity index is 1.46. The van der Waals surface area contributed by atoms with Crippen LogP contribution in [0.5, 0.6) is 0 Å². The lowest BCUT2D eigenvalue weighted by Crippen LogP contribution is -2.06. The maximum absolute atomic E-state index is 6.68. The van der Waals surface area contributed by atoms with Crippen LogP contribution in [0.15, 0.2) is 120 Å². The average Bonchev–Trinajstić information content (AvgIpc) is 3.74. The lowest BCUT2D eigenvalue weighted by Gasteiger charge is -2.16. The quantitative estimate of drug-likeness (QED) is 0.209. The molecule has 6 nitrogen and oxygen atoms in total. The minimum atomic E-state index is 0.445. The SMILES string of the molecule is CC1C=C(c2nc(-n3c4ccccc4c4c3c3c5ccccc5oc3n3c5ccccc5nc43)nc3ccccc23)C=CC1. The van der Waals surface area contributed by atoms with E-state index >= 15 is 0 Å². The number of nitrogens with zero attached hydrogens (tertiary/aromatic N) is 5. The van der Waals surface area contributed by atoms with Gasteiger partial charge in [-0.1, -0.05) is 91.9 Å². The zero-order chi connectivity index (χ0) is 28.9. The Morgan fingerprint density at radius 1 is 0.705 bits per heavy atom. The highest BCUT2D eigenvalue weighted by Gasteiger charge is 2.26. The zero-order valence-corrected chi connectivity index (χ0v) is 23.9. The molecule has 1 atom stereocenters. The van der Waals surface area contributed by atoms with E-state index in [1.54, 1.807) is 0 Å². The molecule has 0 saturated heterocycles. The molecule has 4 aromatic carbocycles. The molecular weight excluding hydrogens is 542 g/mol. The van der Waals surface area contributed by atoms with E-state index in [4.69, 9.17) is 19.4 Å². The van der Waals surface area contributed by atoms with Crippen LogP contribution >= 0.6 is 0 Å². The number of rotatable bonds is 2. The summed E-state index contributed by atoms with van der Waals surface area (Å²) in [7, 11) is 0. The third kappa shape index (κ3) is 3.11. The molecule has 0 spiro atoms. The van der Waals surface area contributed by atoms with Crippen LogP contribution in [0.4, 0.5) is 0 Å². The van der Waals surface area contributed by atoms with E-state index < -0.39 is 0 Å². The van der Waals surface area contributed by atoms with E-state index in [-0.39, 0.29) is 0 Å². The van der Waals surface area contributed by atoms with E-state index in [1.807, 2.05) is 24.3 Å². The van der Waals surface area contributed by atoms with Crippen LogP contribution in [0, 0.1) is 5.92 Å². The lowest BCUT2D eigenvalue weighted by atomic mass is 9.94. The van der Waals surface area contributed by atoms with Gasteiger partial charge in [0.2, 0.25) is 11.7 Å². The highest BCUT2D eigenvalue weighted by Crippen LogP contribution is 2.43. The van der Waals surface area contributed by atoms with Crippen LogP contribution in [0.3, 0.4) is 0 Å². The Kier molecular flexibility index (Phi) is 4.67. The second-order valence-electron chi connectivity index (χ2n) is 11.7. The van der Waals surface area contributed by atoms with Gasteiger partial charge in [-0.15, -0.1) is 0 Å². The number of benzene rings is 4. The molecule has 44 heavy (non-hydrogen) atoms. The molecule has 5 aromatic heterocycles. The van der Waals surface area contributed by atoms with E-state index in [0.29, 0.717) is 11.9 Å². The fraction of sp³-hybridized carbons (Fsp3) is 0.0789. The third-order valence-electron chi connectivity index (χ3n) is 9.01. The van der Waals surface area contributed by atoms with Crippen molar-refractivity contribution in [1.29, 1.82) is 0 Å². The molecule has 0 saturated carbocycles. The van der Waals surface area contributed by atoms with Gasteiger partial charge in [-0.25, -0.2) is 15.0 Å². The second kappa shape index (κ2) is 8.64. The molecule has 1 aliphatic carbocycles. The van der Waals surface area contributed by atoms with Crippen LogP contribution in [0.1, 0.15) is 19.0 Å². The first-order valence-electron chi connectivity index (χ1n) is 15.0. The van der Waals surface area contributed by atoms with Crippen LogP contribution < -0.4 is 0 Å². The van der Waals surface area contributed by atoms with Crippen LogP contribution in [-0.4, -0.2) is 23.9 Å². The van der Waals surface area contributed by atoms with Gasteiger partial charge in [-0.2, -0.15) is 0 Å². The summed E-state index contributed by atoms with van der Waals surface area (Å²) in [5.41, 5.74) is 9.39. The Labute approximate surface area is 251 Å². The van der Waals surface area contributed by atoms with Crippen molar-refractivity contribution in [2.75, 3.05) is 0 Å². The molecule has 10 rings (SSSR count). The normalized spacial score (nSPS) is 15.6. The molecule has 6 heteroatoms. The van der Waals surface area contributed by atoms with Crippen molar-refractivity contribution in [3.05, 3.63) is 121 Å². The highest BCUT2D eigenvalue weighted by atomic mass is 16.3. The van der Waals surface area contributed by atoms with Crippen LogP contribution in [0.25, 0.3) is 83.0 Å². The maximum Gasteiger partial charge on any atom is 0.235 e. The summed E-state index contributed by atoms with van der Waals surface area (Å²) >= 11 is 0. The Morgan fingerprint density at radius 3 is 2.30 bits per heavy atom. The number of allylic oxidation sites excluding steroid dienone is 4. The van der Waals surface area contributed by atoms with Crippen LogP contribution in [0.2, 0.25) is 0 Å². The first-order chi connectivity index (χ1) is 21.7. The van der Waals surface area contributed by atoms with Crippen molar-refractivity contribution < 1.29 is 4.42 Å². The van der Waals surface area contributed by atoms with Crippen molar-refractivity contribution in [2.45, 2.75) is 13.3 Å². The standard InChI is InChI=1S/C38H25N5O/c1-22-11-10-12-23(21-22)34-24-13-2-5-16-27(24)40-38(41-34)42-29-18-7-3-14-25(29)32-35(42)33-26-15-4-9-20-31(26)44-37(33)43-30-19-8-6-17-28(30)39-36(32)43/h2-10,12-22H,11H2,1H3. The number of para-hydroxylation sites is 5. The molecule has 0 N–H and O–H groups in total. The summed E-state index contributed by atoms with van der Waals surface area (Å²) in [5.74, 6) is 1.07. The molecule has 0 aliphatic heterocycles. The van der Waals surface area contributed by atoms with Gasteiger partial charge in [0.15, 0.2) is 5.65 Å². The summed E-state index contributed by atoms with van der Waals surface area (Å²) in [5, 5.41) is 5.26. The fourth-order valence-electron chi connectivity index (χ4n) is 7.11. The molecule has 5 heterocycles. The Hall–Kier alpha value is -5.75. The van der Waals surface area contributed by atoms with Crippen molar-refractivity contribution in [3.8, 4) is 5.95 Å². The highest BCUT2D eigenvalue weighted by molar-refractivity contribution is 6.28. The van der Waals surface area contributed by atoms with Gasteiger partial charge in [0.05, 0.1) is 44.0 Å². The molecule has 9 aromatic rings. The number of hydrogen-bond acceptors (Lipinski definition) is 4. The fourth-order valence-corrected chi connectivity index (χ4v) is 7.11. The smallest absolute Gasteiger partial charge is 0.235 e. The van der Waals surface area contributed by atoms with Gasteiger partial charge < -0.3 is 4.42 Å². The monoisotopic (exact) mass is 567 g/mol. The summed E-state index contributed by atoms with van der Waals surface area (Å²) in [6.07, 6.45) is 7.81. The minimum absolute atomic E-state index is 0.445. The van der Waals surface area contributed by atoms with Gasteiger partial charge in [0, 0.05) is 16.2 Å². The zero-order valence-electron chi connectivity index (χ0n) is 23.9. The predicted octanol–water partition coefficient (Wildman–Crippen LogP) is 9.41.